The molecule has 1 aliphatic rings. The number of anilines is 1. The molecule has 6 heteroatoms. The molecule has 3 N–H and O–H groups in total. The Bertz CT molecular complexity index is 459. The average molecular weight is 328 g/mol. The van der Waals surface area contributed by atoms with Crippen molar-refractivity contribution in [3.05, 3.63) is 23.8 Å². The first kappa shape index (κ1) is 15.9. The molecule has 3 nitrogen and oxygen atoms in total. The van der Waals surface area contributed by atoms with Crippen molar-refractivity contribution in [3.8, 4) is 0 Å². The minimum atomic E-state index is 0.465. The number of nitrogens with two attached hydrogens (primary N) is 1. The summed E-state index contributed by atoms with van der Waals surface area (Å²) in [6.07, 6.45) is 2.05. The van der Waals surface area contributed by atoms with Gasteiger partial charge in [0.15, 0.2) is 0 Å². The fraction of sp³-hybridized carbons (Fsp3) is 0.500. The van der Waals surface area contributed by atoms with Crippen molar-refractivity contribution in [2.75, 3.05) is 49.3 Å². The largest absolute Gasteiger partial charge is 0.389 e. The van der Waals surface area contributed by atoms with Gasteiger partial charge in [-0.05, 0) is 18.4 Å². The zero-order valence-corrected chi connectivity index (χ0v) is 14.2. The van der Waals surface area contributed by atoms with Crippen LogP contribution in [0.3, 0.4) is 0 Å². The van der Waals surface area contributed by atoms with Crippen molar-refractivity contribution >= 4 is 46.4 Å². The number of nitrogens with zero attached hydrogens (tertiary/aromatic N) is 1. The number of thioether (sulfide) groups is 2. The van der Waals surface area contributed by atoms with Crippen LogP contribution in [0.15, 0.2) is 23.1 Å². The molecule has 0 saturated carbocycles. The van der Waals surface area contributed by atoms with E-state index in [1.807, 2.05) is 24.1 Å². The predicted molar refractivity (Wildman–Crippen MR) is 96.4 cm³/mol. The van der Waals surface area contributed by atoms with Crippen molar-refractivity contribution in [2.45, 2.75) is 4.90 Å². The van der Waals surface area contributed by atoms with Crippen LogP contribution in [0.4, 0.5) is 5.69 Å². The van der Waals surface area contributed by atoms with Gasteiger partial charge in [0.2, 0.25) is 0 Å². The lowest BCUT2D eigenvalue weighted by Gasteiger charge is -2.26. The number of hydrogen-bond acceptors (Lipinski definition) is 5. The van der Waals surface area contributed by atoms with Gasteiger partial charge in [-0.3, -0.25) is 4.90 Å². The third-order valence-corrected chi connectivity index (χ3v) is 5.27. The summed E-state index contributed by atoms with van der Waals surface area (Å²) in [5, 5.41) is 3.49. The van der Waals surface area contributed by atoms with E-state index in [0.29, 0.717) is 4.99 Å². The van der Waals surface area contributed by atoms with Gasteiger partial charge in [0.25, 0.3) is 0 Å². The van der Waals surface area contributed by atoms with Crippen LogP contribution < -0.4 is 11.1 Å². The number of rotatable bonds is 6. The summed E-state index contributed by atoms with van der Waals surface area (Å²) in [5.74, 6) is 2.50. The second-order valence-corrected chi connectivity index (χ2v) is 7.14. The van der Waals surface area contributed by atoms with Crippen molar-refractivity contribution < 1.29 is 0 Å². The molecule has 1 aliphatic heterocycles. The van der Waals surface area contributed by atoms with Gasteiger partial charge < -0.3 is 11.1 Å². The van der Waals surface area contributed by atoms with Gasteiger partial charge in [-0.2, -0.15) is 11.8 Å². The summed E-state index contributed by atoms with van der Waals surface area (Å²) in [7, 11) is 0. The van der Waals surface area contributed by atoms with Gasteiger partial charge in [0.1, 0.15) is 4.99 Å². The van der Waals surface area contributed by atoms with E-state index in [2.05, 4.69) is 22.3 Å². The number of benzene rings is 1. The molecule has 0 aliphatic carbocycles. The Labute approximate surface area is 135 Å². The molecule has 1 heterocycles. The lowest BCUT2D eigenvalue weighted by atomic mass is 10.1. The van der Waals surface area contributed by atoms with Crippen LogP contribution in [0.25, 0.3) is 0 Å². The van der Waals surface area contributed by atoms with Crippen LogP contribution in [0, 0.1) is 0 Å². The maximum Gasteiger partial charge on any atom is 0.107 e. The van der Waals surface area contributed by atoms with Crippen LogP contribution in [0.2, 0.25) is 0 Å². The Morgan fingerprint density at radius 3 is 2.85 bits per heavy atom. The zero-order valence-electron chi connectivity index (χ0n) is 11.7. The Hall–Kier alpha value is -0.430. The molecular formula is C14H21N3S3. The van der Waals surface area contributed by atoms with E-state index >= 15 is 0 Å². The van der Waals surface area contributed by atoms with E-state index in [1.54, 1.807) is 11.8 Å². The van der Waals surface area contributed by atoms with Gasteiger partial charge in [-0.25, -0.2) is 0 Å². The summed E-state index contributed by atoms with van der Waals surface area (Å²) in [6.45, 7) is 4.39. The maximum atomic E-state index is 5.87. The molecule has 1 saturated heterocycles. The summed E-state index contributed by atoms with van der Waals surface area (Å²) >= 11 is 8.91. The maximum absolute atomic E-state index is 5.87. The SMILES string of the molecule is CSc1cccc(NCCN2CCSCC2)c1C(N)=S. The molecule has 0 bridgehead atoms. The van der Waals surface area contributed by atoms with Crippen molar-refractivity contribution in [1.82, 2.24) is 4.90 Å². The van der Waals surface area contributed by atoms with Gasteiger partial charge in [-0.15, -0.1) is 11.8 Å². The van der Waals surface area contributed by atoms with Crippen LogP contribution >= 0.6 is 35.7 Å². The van der Waals surface area contributed by atoms with Crippen LogP contribution in [-0.2, 0) is 0 Å². The summed E-state index contributed by atoms with van der Waals surface area (Å²) in [5.41, 5.74) is 7.90. The molecule has 20 heavy (non-hydrogen) atoms. The fourth-order valence-electron chi connectivity index (χ4n) is 2.28. The highest BCUT2D eigenvalue weighted by atomic mass is 32.2. The highest BCUT2D eigenvalue weighted by molar-refractivity contribution is 7.99. The molecule has 110 valence electrons. The molecular weight excluding hydrogens is 306 g/mol. The van der Waals surface area contributed by atoms with E-state index in [1.165, 1.54) is 24.6 Å². The Kier molecular flexibility index (Phi) is 6.48. The first-order chi connectivity index (χ1) is 9.72. The number of hydrogen-bond donors (Lipinski definition) is 2. The van der Waals surface area contributed by atoms with E-state index in [-0.39, 0.29) is 0 Å². The predicted octanol–water partition coefficient (Wildman–Crippen LogP) is 2.50. The molecule has 0 radical (unpaired) electrons. The third kappa shape index (κ3) is 4.28. The summed E-state index contributed by atoms with van der Waals surface area (Å²) < 4.78 is 0. The van der Waals surface area contributed by atoms with Gasteiger partial charge in [0.05, 0.1) is 0 Å². The molecule has 0 aromatic heterocycles. The van der Waals surface area contributed by atoms with Crippen molar-refractivity contribution in [2.24, 2.45) is 5.73 Å². The molecule has 1 fully saturated rings. The third-order valence-electron chi connectivity index (χ3n) is 3.34. The highest BCUT2D eigenvalue weighted by Gasteiger charge is 2.12. The second kappa shape index (κ2) is 8.12. The molecule has 0 amide bonds. The number of nitrogens with one attached hydrogen (secondary N) is 1. The molecule has 2 rings (SSSR count). The van der Waals surface area contributed by atoms with Gasteiger partial charge in [-0.1, -0.05) is 18.3 Å². The fourth-order valence-corrected chi connectivity index (χ4v) is 4.18. The normalized spacial score (nSPS) is 16.1. The lowest BCUT2D eigenvalue weighted by molar-refractivity contribution is 0.314. The van der Waals surface area contributed by atoms with Crippen molar-refractivity contribution in [1.29, 1.82) is 0 Å². The first-order valence-corrected chi connectivity index (χ1v) is 9.52. The second-order valence-electron chi connectivity index (χ2n) is 4.63. The Morgan fingerprint density at radius 2 is 2.20 bits per heavy atom. The van der Waals surface area contributed by atoms with E-state index in [9.17, 15) is 0 Å². The van der Waals surface area contributed by atoms with Crippen molar-refractivity contribution in [3.63, 3.8) is 0 Å². The smallest absolute Gasteiger partial charge is 0.107 e. The Balaban J connectivity index is 1.96. The molecule has 0 unspecified atom stereocenters. The summed E-state index contributed by atoms with van der Waals surface area (Å²) in [6, 6.07) is 6.17. The van der Waals surface area contributed by atoms with E-state index in [0.717, 1.165) is 29.2 Å². The standard InChI is InChI=1S/C14H21N3S3/c1-19-12-4-2-3-11(13(12)14(15)18)16-5-6-17-7-9-20-10-8-17/h2-4,16H,5-10H2,1H3,(H2,15,18). The van der Waals surface area contributed by atoms with Crippen LogP contribution in [0.5, 0.6) is 0 Å². The van der Waals surface area contributed by atoms with E-state index in [4.69, 9.17) is 18.0 Å². The minimum absolute atomic E-state index is 0.465. The highest BCUT2D eigenvalue weighted by Crippen LogP contribution is 2.27. The zero-order chi connectivity index (χ0) is 14.4. The molecule has 1 aromatic carbocycles. The number of thiocarbonyl (C=S) groups is 1. The average Bonchev–Trinajstić information content (AvgIpc) is 2.47. The van der Waals surface area contributed by atoms with Crippen LogP contribution in [0.1, 0.15) is 5.56 Å². The monoisotopic (exact) mass is 327 g/mol. The first-order valence-electron chi connectivity index (χ1n) is 6.73. The van der Waals surface area contributed by atoms with Crippen LogP contribution in [-0.4, -0.2) is 53.8 Å². The molecule has 0 atom stereocenters. The Morgan fingerprint density at radius 1 is 1.45 bits per heavy atom. The van der Waals surface area contributed by atoms with Gasteiger partial charge in [0, 0.05) is 53.8 Å². The topological polar surface area (TPSA) is 41.3 Å². The molecule has 1 aromatic rings. The molecule has 0 spiro atoms. The van der Waals surface area contributed by atoms with E-state index < -0.39 is 0 Å². The quantitative estimate of drug-likeness (QED) is 0.618. The minimum Gasteiger partial charge on any atom is -0.389 e. The van der Waals surface area contributed by atoms with Gasteiger partial charge >= 0.3 is 0 Å². The summed E-state index contributed by atoms with van der Waals surface area (Å²) in [4.78, 5) is 4.10. The lowest BCUT2D eigenvalue weighted by Crippen LogP contribution is -2.36.